The maximum absolute atomic E-state index is 13.2. The first-order valence-corrected chi connectivity index (χ1v) is 11.3. The molecule has 0 spiro atoms. The Morgan fingerprint density at radius 1 is 1.03 bits per heavy atom. The Labute approximate surface area is 189 Å². The number of pyridine rings is 1. The number of hydrogen-bond acceptors (Lipinski definition) is 9. The molecule has 0 radical (unpaired) electrons. The van der Waals surface area contributed by atoms with Crippen LogP contribution in [-0.2, 0) is 4.74 Å². The predicted octanol–water partition coefficient (Wildman–Crippen LogP) is 2.34. The van der Waals surface area contributed by atoms with Gasteiger partial charge in [0.1, 0.15) is 5.56 Å². The lowest BCUT2D eigenvalue weighted by molar-refractivity contribution is 0.102. The molecule has 0 unspecified atom stereocenters. The van der Waals surface area contributed by atoms with E-state index in [0.29, 0.717) is 53.2 Å². The summed E-state index contributed by atoms with van der Waals surface area (Å²) >= 11 is 0. The van der Waals surface area contributed by atoms with Crippen LogP contribution in [0.3, 0.4) is 0 Å². The number of nitrogens with one attached hydrogen (secondary N) is 1. The summed E-state index contributed by atoms with van der Waals surface area (Å²) in [5.74, 6) is 0.415. The summed E-state index contributed by atoms with van der Waals surface area (Å²) in [6.45, 7) is 4.48. The molecule has 6 rings (SSSR count). The number of morpholine rings is 1. The van der Waals surface area contributed by atoms with Crippen molar-refractivity contribution in [3.63, 3.8) is 0 Å². The van der Waals surface area contributed by atoms with Crippen molar-refractivity contribution in [3.8, 4) is 0 Å². The van der Waals surface area contributed by atoms with Crippen molar-refractivity contribution >= 4 is 40.3 Å². The van der Waals surface area contributed by atoms with E-state index in [1.165, 1.54) is 12.6 Å². The zero-order chi connectivity index (χ0) is 22.2. The van der Waals surface area contributed by atoms with Crippen molar-refractivity contribution in [2.75, 3.05) is 54.5 Å². The molecule has 2 aliphatic rings. The van der Waals surface area contributed by atoms with Gasteiger partial charge in [0.05, 0.1) is 25.1 Å². The van der Waals surface area contributed by atoms with E-state index in [2.05, 4.69) is 30.2 Å². The third kappa shape index (κ3) is 3.74. The van der Waals surface area contributed by atoms with Crippen LogP contribution in [0.25, 0.3) is 16.9 Å². The normalized spacial score (nSPS) is 17.1. The van der Waals surface area contributed by atoms with Crippen LogP contribution in [0, 0.1) is 0 Å². The maximum Gasteiger partial charge on any atom is 0.300 e. The van der Waals surface area contributed by atoms with Crippen LogP contribution in [0.2, 0.25) is 0 Å². The van der Waals surface area contributed by atoms with E-state index in [9.17, 15) is 4.79 Å². The van der Waals surface area contributed by atoms with Gasteiger partial charge in [0, 0.05) is 44.6 Å². The number of carbonyl (C=O) groups is 1. The molecule has 1 N–H and O–H groups in total. The Hall–Kier alpha value is -3.73. The summed E-state index contributed by atoms with van der Waals surface area (Å²) in [5.41, 5.74) is 2.55. The molecule has 0 saturated carbocycles. The average Bonchev–Trinajstić information content (AvgIpc) is 3.49. The van der Waals surface area contributed by atoms with Crippen LogP contribution in [0.5, 0.6) is 0 Å². The van der Waals surface area contributed by atoms with Gasteiger partial charge in [0.2, 0.25) is 5.65 Å². The van der Waals surface area contributed by atoms with Crippen molar-refractivity contribution in [1.82, 2.24) is 24.6 Å². The minimum atomic E-state index is -0.295. The first kappa shape index (κ1) is 19.9. The van der Waals surface area contributed by atoms with Gasteiger partial charge in [0.25, 0.3) is 11.9 Å². The van der Waals surface area contributed by atoms with E-state index in [0.717, 1.165) is 39.0 Å². The second-order valence-electron chi connectivity index (χ2n) is 8.23. The van der Waals surface area contributed by atoms with E-state index >= 15 is 0 Å². The largest absolute Gasteiger partial charge is 0.422 e. The Morgan fingerprint density at radius 2 is 1.88 bits per heavy atom. The van der Waals surface area contributed by atoms with Gasteiger partial charge in [-0.15, -0.1) is 0 Å². The van der Waals surface area contributed by atoms with Gasteiger partial charge in [-0.2, -0.15) is 10.1 Å². The first-order chi connectivity index (χ1) is 16.3. The molecule has 33 heavy (non-hydrogen) atoms. The highest BCUT2D eigenvalue weighted by Crippen LogP contribution is 2.32. The molecule has 170 valence electrons. The highest BCUT2D eigenvalue weighted by atomic mass is 16.5. The standard InChI is InChI=1S/C22H24N8O3/c31-21(15-14-24-30-8-4-5-23-19(15)30)25-16-13-17-18(26-20(16)28-6-2-1-3-7-28)27-22(33-17)29-9-11-32-12-10-29/h4-5,8,13-14H,1-3,6-7,9-12H2,(H,25,31). The number of nitrogens with zero attached hydrogens (tertiary/aromatic N) is 7. The molecule has 4 aromatic rings. The second-order valence-corrected chi connectivity index (χ2v) is 8.23. The number of hydrogen-bond donors (Lipinski definition) is 1. The smallest absolute Gasteiger partial charge is 0.300 e. The number of amides is 1. The number of fused-ring (bicyclic) bond motifs is 2. The number of carbonyl (C=O) groups excluding carboxylic acids is 1. The Balaban J connectivity index is 1.38. The highest BCUT2D eigenvalue weighted by molar-refractivity contribution is 6.09. The molecule has 2 fully saturated rings. The number of piperidine rings is 1. The molecule has 0 bridgehead atoms. The van der Waals surface area contributed by atoms with Crippen LogP contribution >= 0.6 is 0 Å². The zero-order valence-corrected chi connectivity index (χ0v) is 18.1. The fourth-order valence-electron chi connectivity index (χ4n) is 4.35. The summed E-state index contributed by atoms with van der Waals surface area (Å²) in [4.78, 5) is 31.2. The van der Waals surface area contributed by atoms with Gasteiger partial charge in [-0.1, -0.05) is 0 Å². The molecule has 11 heteroatoms. The molecule has 2 aliphatic heterocycles. The van der Waals surface area contributed by atoms with E-state index in [1.807, 2.05) is 6.07 Å². The van der Waals surface area contributed by atoms with Gasteiger partial charge in [0.15, 0.2) is 17.0 Å². The van der Waals surface area contributed by atoms with Crippen LogP contribution in [0.1, 0.15) is 29.6 Å². The van der Waals surface area contributed by atoms with E-state index in [-0.39, 0.29) is 5.91 Å². The van der Waals surface area contributed by atoms with Crippen molar-refractivity contribution < 1.29 is 13.9 Å². The molecule has 11 nitrogen and oxygen atoms in total. The van der Waals surface area contributed by atoms with Gasteiger partial charge >= 0.3 is 0 Å². The zero-order valence-electron chi connectivity index (χ0n) is 18.1. The van der Waals surface area contributed by atoms with Gasteiger partial charge in [-0.25, -0.2) is 14.5 Å². The minimum absolute atomic E-state index is 0.295. The predicted molar refractivity (Wildman–Crippen MR) is 122 cm³/mol. The van der Waals surface area contributed by atoms with Crippen molar-refractivity contribution in [2.24, 2.45) is 0 Å². The molecular weight excluding hydrogens is 424 g/mol. The SMILES string of the molecule is O=C(Nc1cc2oc(N3CCOCC3)nc2nc1N1CCCCC1)c1cnn2cccnc12. The third-order valence-corrected chi connectivity index (χ3v) is 6.06. The number of oxazole rings is 1. The van der Waals surface area contributed by atoms with Crippen LogP contribution < -0.4 is 15.1 Å². The van der Waals surface area contributed by atoms with E-state index < -0.39 is 0 Å². The molecule has 0 aliphatic carbocycles. The number of aromatic nitrogens is 5. The monoisotopic (exact) mass is 448 g/mol. The number of anilines is 3. The Kier molecular flexibility index (Phi) is 5.02. The number of ether oxygens (including phenoxy) is 1. The second kappa shape index (κ2) is 8.32. The van der Waals surface area contributed by atoms with Crippen molar-refractivity contribution in [3.05, 3.63) is 36.3 Å². The molecule has 6 heterocycles. The summed E-state index contributed by atoms with van der Waals surface area (Å²) < 4.78 is 13.0. The summed E-state index contributed by atoms with van der Waals surface area (Å²) in [6, 6.07) is 4.12. The molecule has 2 saturated heterocycles. The van der Waals surface area contributed by atoms with Gasteiger partial charge in [-0.05, 0) is 25.3 Å². The van der Waals surface area contributed by atoms with Crippen molar-refractivity contribution in [1.29, 1.82) is 0 Å². The lowest BCUT2D eigenvalue weighted by atomic mass is 10.1. The molecule has 0 aromatic carbocycles. The molecule has 4 aromatic heterocycles. The Bertz CT molecular complexity index is 1300. The quantitative estimate of drug-likeness (QED) is 0.502. The van der Waals surface area contributed by atoms with Crippen molar-refractivity contribution in [2.45, 2.75) is 19.3 Å². The summed E-state index contributed by atoms with van der Waals surface area (Å²) in [7, 11) is 0. The highest BCUT2D eigenvalue weighted by Gasteiger charge is 2.24. The average molecular weight is 448 g/mol. The topological polar surface area (TPSA) is 114 Å². The third-order valence-electron chi connectivity index (χ3n) is 6.06. The van der Waals surface area contributed by atoms with E-state index in [4.69, 9.17) is 14.1 Å². The van der Waals surface area contributed by atoms with Crippen LogP contribution in [0.4, 0.5) is 17.5 Å². The number of rotatable bonds is 4. The van der Waals surface area contributed by atoms with Gasteiger partial charge < -0.3 is 24.3 Å². The fraction of sp³-hybridized carbons (Fsp3) is 0.409. The van der Waals surface area contributed by atoms with Crippen LogP contribution in [-0.4, -0.2) is 69.9 Å². The lowest BCUT2D eigenvalue weighted by Gasteiger charge is -2.29. The summed E-state index contributed by atoms with van der Waals surface area (Å²) in [5, 5.41) is 7.25. The molecular formula is C22H24N8O3. The maximum atomic E-state index is 13.2. The molecule has 1 amide bonds. The molecule has 0 atom stereocenters. The van der Waals surface area contributed by atoms with E-state index in [1.54, 1.807) is 23.0 Å². The lowest BCUT2D eigenvalue weighted by Crippen LogP contribution is -2.36. The van der Waals surface area contributed by atoms with Crippen LogP contribution in [0.15, 0.2) is 35.1 Å². The Morgan fingerprint density at radius 3 is 2.73 bits per heavy atom. The minimum Gasteiger partial charge on any atom is -0.422 e. The first-order valence-electron chi connectivity index (χ1n) is 11.3. The van der Waals surface area contributed by atoms with Gasteiger partial charge in [-0.3, -0.25) is 4.79 Å². The fourth-order valence-corrected chi connectivity index (χ4v) is 4.35. The summed E-state index contributed by atoms with van der Waals surface area (Å²) in [6.07, 6.45) is 8.29.